The first-order chi connectivity index (χ1) is 14.0. The van der Waals surface area contributed by atoms with Gasteiger partial charge in [-0.25, -0.2) is 9.97 Å². The average molecular weight is 395 g/mol. The third-order valence-electron chi connectivity index (χ3n) is 6.07. The van der Waals surface area contributed by atoms with Crippen LogP contribution in [-0.2, 0) is 28.0 Å². The second-order valence-electron chi connectivity index (χ2n) is 8.62. The van der Waals surface area contributed by atoms with E-state index in [9.17, 15) is 4.79 Å². The van der Waals surface area contributed by atoms with Crippen LogP contribution in [0.4, 0.5) is 5.95 Å². The number of carbonyl (C=O) groups excluding carboxylic acids is 1. The van der Waals surface area contributed by atoms with Gasteiger partial charge in [0, 0.05) is 45.4 Å². The van der Waals surface area contributed by atoms with Crippen LogP contribution in [-0.4, -0.2) is 54.6 Å². The molecule has 3 heterocycles. The average Bonchev–Trinajstić information content (AvgIpc) is 3.14. The molecule has 4 rings (SSSR count). The number of anilines is 1. The Balaban J connectivity index is 1.40. The zero-order valence-electron chi connectivity index (χ0n) is 17.6. The number of hydrogen-bond donors (Lipinski definition) is 0. The lowest BCUT2D eigenvalue weighted by molar-refractivity contribution is -0.130. The SMILES string of the molecule is Cc1ccc(CCCC(=O)N2CCC3(COCc4cnc(N(C)C)nc43)C2)cc1. The fraction of sp³-hybridized carbons (Fsp3) is 0.522. The Kier molecular flexibility index (Phi) is 5.54. The molecule has 0 N–H and O–H groups in total. The third-order valence-corrected chi connectivity index (χ3v) is 6.07. The second-order valence-corrected chi connectivity index (χ2v) is 8.62. The van der Waals surface area contributed by atoms with Gasteiger partial charge in [0.25, 0.3) is 0 Å². The molecule has 2 aromatic rings. The normalized spacial score (nSPS) is 20.7. The van der Waals surface area contributed by atoms with Gasteiger partial charge < -0.3 is 14.5 Å². The molecule has 6 nitrogen and oxygen atoms in total. The molecule has 154 valence electrons. The number of amides is 1. The minimum atomic E-state index is -0.200. The monoisotopic (exact) mass is 394 g/mol. The summed E-state index contributed by atoms with van der Waals surface area (Å²) in [6.07, 6.45) is 5.18. The Bertz CT molecular complexity index is 881. The zero-order valence-corrected chi connectivity index (χ0v) is 17.6. The van der Waals surface area contributed by atoms with Crippen molar-refractivity contribution in [2.45, 2.75) is 44.6 Å². The van der Waals surface area contributed by atoms with Crippen molar-refractivity contribution in [3.63, 3.8) is 0 Å². The molecule has 1 unspecified atom stereocenters. The minimum absolute atomic E-state index is 0.200. The molecule has 1 fully saturated rings. The van der Waals surface area contributed by atoms with Crippen molar-refractivity contribution in [3.05, 3.63) is 52.8 Å². The molecule has 1 spiro atoms. The van der Waals surface area contributed by atoms with Crippen molar-refractivity contribution in [1.29, 1.82) is 0 Å². The van der Waals surface area contributed by atoms with E-state index in [1.54, 1.807) is 0 Å². The van der Waals surface area contributed by atoms with Crippen LogP contribution in [0.2, 0.25) is 0 Å². The van der Waals surface area contributed by atoms with Crippen molar-refractivity contribution < 1.29 is 9.53 Å². The second kappa shape index (κ2) is 8.11. The predicted molar refractivity (Wildman–Crippen MR) is 113 cm³/mol. The van der Waals surface area contributed by atoms with Crippen LogP contribution in [0.25, 0.3) is 0 Å². The number of ether oxygens (including phenoxy) is 1. The number of benzene rings is 1. The van der Waals surface area contributed by atoms with E-state index in [0.717, 1.165) is 37.1 Å². The summed E-state index contributed by atoms with van der Waals surface area (Å²) in [6, 6.07) is 8.57. The maximum absolute atomic E-state index is 12.8. The largest absolute Gasteiger partial charge is 0.376 e. The van der Waals surface area contributed by atoms with Crippen LogP contribution in [0.5, 0.6) is 0 Å². The van der Waals surface area contributed by atoms with Crippen LogP contribution in [0, 0.1) is 6.92 Å². The highest BCUT2D eigenvalue weighted by Gasteiger charge is 2.46. The molecule has 1 saturated heterocycles. The van der Waals surface area contributed by atoms with Crippen molar-refractivity contribution in [1.82, 2.24) is 14.9 Å². The van der Waals surface area contributed by atoms with Crippen LogP contribution in [0.15, 0.2) is 30.5 Å². The Morgan fingerprint density at radius 1 is 1.28 bits per heavy atom. The lowest BCUT2D eigenvalue weighted by Gasteiger charge is -2.34. The molecule has 0 saturated carbocycles. The molecule has 6 heteroatoms. The Hall–Kier alpha value is -2.47. The van der Waals surface area contributed by atoms with Crippen molar-refractivity contribution in [2.24, 2.45) is 0 Å². The van der Waals surface area contributed by atoms with Gasteiger partial charge in [-0.2, -0.15) is 0 Å². The lowest BCUT2D eigenvalue weighted by Crippen LogP contribution is -2.42. The van der Waals surface area contributed by atoms with Gasteiger partial charge in [-0.15, -0.1) is 0 Å². The molecule has 0 radical (unpaired) electrons. The lowest BCUT2D eigenvalue weighted by atomic mass is 9.80. The number of carbonyl (C=O) groups is 1. The van der Waals surface area contributed by atoms with Gasteiger partial charge >= 0.3 is 0 Å². The van der Waals surface area contributed by atoms with Crippen molar-refractivity contribution in [2.75, 3.05) is 38.7 Å². The van der Waals surface area contributed by atoms with Crippen LogP contribution < -0.4 is 4.90 Å². The van der Waals surface area contributed by atoms with E-state index in [2.05, 4.69) is 36.2 Å². The van der Waals surface area contributed by atoms with E-state index >= 15 is 0 Å². The summed E-state index contributed by atoms with van der Waals surface area (Å²) in [5, 5.41) is 0. The first-order valence-corrected chi connectivity index (χ1v) is 10.4. The Morgan fingerprint density at radius 2 is 2.07 bits per heavy atom. The zero-order chi connectivity index (χ0) is 20.4. The number of fused-ring (bicyclic) bond motifs is 2. The number of likely N-dealkylation sites (tertiary alicyclic amines) is 1. The summed E-state index contributed by atoms with van der Waals surface area (Å²) in [5.41, 5.74) is 4.48. The number of nitrogens with zero attached hydrogens (tertiary/aromatic N) is 4. The van der Waals surface area contributed by atoms with Gasteiger partial charge in [-0.3, -0.25) is 4.79 Å². The number of rotatable bonds is 5. The molecule has 1 amide bonds. The maximum atomic E-state index is 12.8. The van der Waals surface area contributed by atoms with Crippen LogP contribution >= 0.6 is 0 Å². The molecule has 0 aliphatic carbocycles. The molecular weight excluding hydrogens is 364 g/mol. The molecule has 1 atom stereocenters. The van der Waals surface area contributed by atoms with E-state index in [1.807, 2.05) is 30.1 Å². The standard InChI is InChI=1S/C23H30N4O2/c1-17-7-9-18(10-8-17)5-4-6-20(28)27-12-11-23(15-27)16-29-14-19-13-24-22(26(2)3)25-21(19)23/h7-10,13H,4-6,11-12,14-16H2,1-3H3. The highest BCUT2D eigenvalue weighted by atomic mass is 16.5. The van der Waals surface area contributed by atoms with Crippen LogP contribution in [0.3, 0.4) is 0 Å². The number of aryl methyl sites for hydroxylation is 2. The Morgan fingerprint density at radius 3 is 2.83 bits per heavy atom. The molecule has 1 aromatic heterocycles. The fourth-order valence-corrected chi connectivity index (χ4v) is 4.36. The molecule has 2 aliphatic rings. The quantitative estimate of drug-likeness (QED) is 0.780. The molecule has 1 aromatic carbocycles. The number of hydrogen-bond acceptors (Lipinski definition) is 5. The smallest absolute Gasteiger partial charge is 0.225 e. The van der Waals surface area contributed by atoms with Crippen LogP contribution in [0.1, 0.15) is 41.6 Å². The summed E-state index contributed by atoms with van der Waals surface area (Å²) in [7, 11) is 3.90. The maximum Gasteiger partial charge on any atom is 0.225 e. The summed E-state index contributed by atoms with van der Waals surface area (Å²) >= 11 is 0. The van der Waals surface area contributed by atoms with Gasteiger partial charge in [-0.1, -0.05) is 29.8 Å². The topological polar surface area (TPSA) is 58.6 Å². The van der Waals surface area contributed by atoms with Gasteiger partial charge in [0.2, 0.25) is 11.9 Å². The first kappa shape index (κ1) is 19.8. The minimum Gasteiger partial charge on any atom is -0.376 e. The third kappa shape index (κ3) is 4.13. The Labute approximate surface area is 172 Å². The van der Waals surface area contributed by atoms with Crippen molar-refractivity contribution in [3.8, 4) is 0 Å². The van der Waals surface area contributed by atoms with E-state index in [0.29, 0.717) is 32.1 Å². The first-order valence-electron chi connectivity index (χ1n) is 10.4. The van der Waals surface area contributed by atoms with Gasteiger partial charge in [0.05, 0.1) is 24.3 Å². The summed E-state index contributed by atoms with van der Waals surface area (Å²) < 4.78 is 5.88. The molecular formula is C23H30N4O2. The van der Waals surface area contributed by atoms with E-state index in [-0.39, 0.29) is 11.3 Å². The van der Waals surface area contributed by atoms with Crippen molar-refractivity contribution >= 4 is 11.9 Å². The van der Waals surface area contributed by atoms with E-state index in [4.69, 9.17) is 9.72 Å². The van der Waals surface area contributed by atoms with Gasteiger partial charge in [-0.05, 0) is 31.7 Å². The van der Waals surface area contributed by atoms with Gasteiger partial charge in [0.15, 0.2) is 0 Å². The summed E-state index contributed by atoms with van der Waals surface area (Å²) in [5.74, 6) is 0.955. The van der Waals surface area contributed by atoms with Gasteiger partial charge in [0.1, 0.15) is 0 Å². The highest BCUT2D eigenvalue weighted by molar-refractivity contribution is 5.76. The summed E-state index contributed by atoms with van der Waals surface area (Å²) in [4.78, 5) is 26.1. The fourth-order valence-electron chi connectivity index (χ4n) is 4.36. The summed E-state index contributed by atoms with van der Waals surface area (Å²) in [6.45, 7) is 4.73. The highest BCUT2D eigenvalue weighted by Crippen LogP contribution is 2.39. The number of aromatic nitrogens is 2. The molecule has 0 bridgehead atoms. The predicted octanol–water partition coefficient (Wildman–Crippen LogP) is 2.87. The van der Waals surface area contributed by atoms with E-state index in [1.165, 1.54) is 11.1 Å². The molecule has 29 heavy (non-hydrogen) atoms. The van der Waals surface area contributed by atoms with E-state index < -0.39 is 0 Å². The molecule has 2 aliphatic heterocycles.